The summed E-state index contributed by atoms with van der Waals surface area (Å²) in [5.74, 6) is 0. The fraction of sp³-hybridized carbons (Fsp3) is 0.483. The Morgan fingerprint density at radius 3 is 2.16 bits per heavy atom. The molecule has 2 heterocycles. The van der Waals surface area contributed by atoms with Crippen LogP contribution in [0.1, 0.15) is 39.2 Å². The van der Waals surface area contributed by atoms with Gasteiger partial charge in [-0.25, -0.2) is 13.1 Å². The van der Waals surface area contributed by atoms with Gasteiger partial charge in [-0.3, -0.25) is 4.98 Å². The highest BCUT2D eigenvalue weighted by Gasteiger charge is 2.19. The first-order chi connectivity index (χ1) is 18.1. The molecule has 4 rings (SSSR count). The van der Waals surface area contributed by atoms with Crippen LogP contribution in [0.25, 0.3) is 10.9 Å². The molecule has 1 saturated heterocycles. The highest BCUT2D eigenvalue weighted by atomic mass is 35.5. The van der Waals surface area contributed by atoms with Gasteiger partial charge in [0.1, 0.15) is 0 Å². The zero-order chi connectivity index (χ0) is 27.2. The Bertz CT molecular complexity index is 1300. The van der Waals surface area contributed by atoms with Crippen molar-refractivity contribution >= 4 is 38.2 Å². The average molecular weight is 558 g/mol. The van der Waals surface area contributed by atoms with Crippen molar-refractivity contribution in [2.24, 2.45) is 0 Å². The van der Waals surface area contributed by atoms with Gasteiger partial charge in [0.25, 0.3) is 0 Å². The SMILES string of the molecule is CC(C)(C)c1ccc(S(=O)(=O)NCCCN2CCN(CCCNc3ccnc4cc(Cl)ccc34)CC2)cc1. The van der Waals surface area contributed by atoms with Crippen molar-refractivity contribution in [1.82, 2.24) is 19.5 Å². The largest absolute Gasteiger partial charge is 0.384 e. The zero-order valence-corrected chi connectivity index (χ0v) is 24.3. The monoisotopic (exact) mass is 557 g/mol. The highest BCUT2D eigenvalue weighted by Crippen LogP contribution is 2.25. The van der Waals surface area contributed by atoms with Crippen LogP contribution in [-0.2, 0) is 15.4 Å². The first kappa shape index (κ1) is 28.8. The lowest BCUT2D eigenvalue weighted by Crippen LogP contribution is -2.47. The summed E-state index contributed by atoms with van der Waals surface area (Å²) in [7, 11) is -3.47. The van der Waals surface area contributed by atoms with Crippen LogP contribution in [-0.4, -0.2) is 75.6 Å². The third kappa shape index (κ3) is 7.90. The lowest BCUT2D eigenvalue weighted by Gasteiger charge is -2.34. The van der Waals surface area contributed by atoms with Crippen LogP contribution in [0, 0.1) is 0 Å². The molecule has 206 valence electrons. The smallest absolute Gasteiger partial charge is 0.240 e. The molecule has 0 aliphatic carbocycles. The molecule has 0 spiro atoms. The molecular weight excluding hydrogens is 518 g/mol. The molecule has 0 bridgehead atoms. The fourth-order valence-corrected chi connectivity index (χ4v) is 6.00. The topological polar surface area (TPSA) is 77.6 Å². The molecule has 0 atom stereocenters. The van der Waals surface area contributed by atoms with E-state index in [1.54, 1.807) is 12.1 Å². The maximum atomic E-state index is 12.6. The minimum atomic E-state index is -3.47. The lowest BCUT2D eigenvalue weighted by atomic mass is 9.87. The fourth-order valence-electron chi connectivity index (χ4n) is 4.76. The summed E-state index contributed by atoms with van der Waals surface area (Å²) >= 11 is 6.09. The molecule has 3 aromatic rings. The molecule has 2 N–H and O–H groups in total. The number of piperazine rings is 1. The van der Waals surface area contributed by atoms with E-state index >= 15 is 0 Å². The molecule has 0 saturated carbocycles. The third-order valence-corrected chi connectivity index (χ3v) is 8.82. The summed E-state index contributed by atoms with van der Waals surface area (Å²) in [5, 5.41) is 5.33. The van der Waals surface area contributed by atoms with E-state index in [0.29, 0.717) is 16.5 Å². The number of sulfonamides is 1. The van der Waals surface area contributed by atoms with E-state index in [-0.39, 0.29) is 5.41 Å². The van der Waals surface area contributed by atoms with Gasteiger partial charge < -0.3 is 15.1 Å². The number of rotatable bonds is 11. The average Bonchev–Trinajstić information content (AvgIpc) is 2.89. The molecule has 0 unspecified atom stereocenters. The summed E-state index contributed by atoms with van der Waals surface area (Å²) < 4.78 is 28.0. The highest BCUT2D eigenvalue weighted by molar-refractivity contribution is 7.89. The van der Waals surface area contributed by atoms with Crippen molar-refractivity contribution in [2.45, 2.75) is 43.9 Å². The predicted octanol–water partition coefficient (Wildman–Crippen LogP) is 4.97. The summed E-state index contributed by atoms with van der Waals surface area (Å²) in [6.45, 7) is 13.8. The first-order valence-electron chi connectivity index (χ1n) is 13.4. The molecule has 9 heteroatoms. The van der Waals surface area contributed by atoms with Crippen molar-refractivity contribution in [3.63, 3.8) is 0 Å². The molecule has 2 aromatic carbocycles. The van der Waals surface area contributed by atoms with Crippen molar-refractivity contribution in [2.75, 3.05) is 57.7 Å². The second-order valence-corrected chi connectivity index (χ2v) is 13.2. The maximum absolute atomic E-state index is 12.6. The Labute approximate surface area is 232 Å². The van der Waals surface area contributed by atoms with Crippen LogP contribution < -0.4 is 10.0 Å². The second kappa shape index (κ2) is 12.7. The number of halogens is 1. The van der Waals surface area contributed by atoms with E-state index in [1.165, 1.54) is 0 Å². The van der Waals surface area contributed by atoms with Crippen LogP contribution in [0.15, 0.2) is 59.6 Å². The van der Waals surface area contributed by atoms with E-state index < -0.39 is 10.0 Å². The molecule has 1 fully saturated rings. The molecule has 1 aliphatic heterocycles. The number of nitrogens with one attached hydrogen (secondary N) is 2. The lowest BCUT2D eigenvalue weighted by molar-refractivity contribution is 0.131. The van der Waals surface area contributed by atoms with Crippen molar-refractivity contribution < 1.29 is 8.42 Å². The van der Waals surface area contributed by atoms with Gasteiger partial charge in [-0.15, -0.1) is 0 Å². The van der Waals surface area contributed by atoms with Gasteiger partial charge in [-0.2, -0.15) is 0 Å². The Morgan fingerprint density at radius 1 is 0.895 bits per heavy atom. The number of pyridine rings is 1. The van der Waals surface area contributed by atoms with E-state index in [4.69, 9.17) is 11.6 Å². The molecule has 0 radical (unpaired) electrons. The normalized spacial score (nSPS) is 15.7. The van der Waals surface area contributed by atoms with Gasteiger partial charge in [-0.1, -0.05) is 44.5 Å². The predicted molar refractivity (Wildman–Crippen MR) is 158 cm³/mol. The number of aromatic nitrogens is 1. The van der Waals surface area contributed by atoms with Crippen LogP contribution in [0.5, 0.6) is 0 Å². The molecule has 1 aromatic heterocycles. The van der Waals surface area contributed by atoms with Gasteiger partial charge >= 0.3 is 0 Å². The van der Waals surface area contributed by atoms with Crippen LogP contribution in [0.3, 0.4) is 0 Å². The Hall–Kier alpha value is -2.23. The standard InChI is InChI=1S/C29H40ClN5O2S/c1-29(2,3)23-6-9-25(10-7-23)38(36,37)33-14-5-17-35-20-18-34(19-21-35)16-4-13-31-27-12-15-32-28-22-24(30)8-11-26(27)28/h6-12,15,22,33H,4-5,13-14,16-21H2,1-3H3,(H,31,32). The van der Waals surface area contributed by atoms with Gasteiger partial charge in [0, 0.05) is 61.6 Å². The van der Waals surface area contributed by atoms with Crippen LogP contribution in [0.4, 0.5) is 5.69 Å². The molecule has 0 amide bonds. The van der Waals surface area contributed by atoms with Crippen LogP contribution >= 0.6 is 11.6 Å². The van der Waals surface area contributed by atoms with E-state index in [1.807, 2.05) is 42.6 Å². The van der Waals surface area contributed by atoms with Crippen molar-refractivity contribution in [3.05, 3.63) is 65.3 Å². The number of fused-ring (bicyclic) bond motifs is 1. The summed E-state index contributed by atoms with van der Waals surface area (Å²) in [6, 6.07) is 15.0. The summed E-state index contributed by atoms with van der Waals surface area (Å²) in [6.07, 6.45) is 3.68. The number of anilines is 1. The quantitative estimate of drug-likeness (QED) is 0.324. The Kier molecular flexibility index (Phi) is 9.65. The molecule has 7 nitrogen and oxygen atoms in total. The van der Waals surface area contributed by atoms with Gasteiger partial charge in [0.05, 0.1) is 10.4 Å². The second-order valence-electron chi connectivity index (χ2n) is 11.0. The Morgan fingerprint density at radius 2 is 1.53 bits per heavy atom. The van der Waals surface area contributed by atoms with Crippen molar-refractivity contribution in [1.29, 1.82) is 0 Å². The zero-order valence-electron chi connectivity index (χ0n) is 22.7. The van der Waals surface area contributed by atoms with Gasteiger partial charge in [-0.05, 0) is 73.3 Å². The minimum absolute atomic E-state index is 0.00166. The number of hydrogen-bond acceptors (Lipinski definition) is 6. The number of benzene rings is 2. The minimum Gasteiger partial charge on any atom is -0.384 e. The van der Waals surface area contributed by atoms with Crippen LogP contribution in [0.2, 0.25) is 5.02 Å². The Balaban J connectivity index is 1.11. The third-order valence-electron chi connectivity index (χ3n) is 7.11. The van der Waals surface area contributed by atoms with Crippen molar-refractivity contribution in [3.8, 4) is 0 Å². The van der Waals surface area contributed by atoms with Gasteiger partial charge in [0.15, 0.2) is 0 Å². The molecular formula is C29H40ClN5O2S. The molecule has 1 aliphatic rings. The summed E-state index contributed by atoms with van der Waals surface area (Å²) in [5.41, 5.74) is 3.12. The van der Waals surface area contributed by atoms with Gasteiger partial charge in [0.2, 0.25) is 10.0 Å². The molecule has 38 heavy (non-hydrogen) atoms. The van der Waals surface area contributed by atoms with E-state index in [0.717, 1.165) is 80.8 Å². The van der Waals surface area contributed by atoms with E-state index in [2.05, 4.69) is 45.6 Å². The number of hydrogen-bond donors (Lipinski definition) is 2. The first-order valence-corrected chi connectivity index (χ1v) is 15.3. The maximum Gasteiger partial charge on any atom is 0.240 e. The van der Waals surface area contributed by atoms with E-state index in [9.17, 15) is 8.42 Å². The number of nitrogens with zero attached hydrogens (tertiary/aromatic N) is 3. The summed E-state index contributed by atoms with van der Waals surface area (Å²) in [4.78, 5) is 9.66.